The van der Waals surface area contributed by atoms with Gasteiger partial charge in [0.1, 0.15) is 0 Å². The monoisotopic (exact) mass is 276 g/mol. The van der Waals surface area contributed by atoms with Gasteiger partial charge in [-0.05, 0) is 46.7 Å². The molecule has 0 aromatic rings. The highest BCUT2D eigenvalue weighted by Crippen LogP contribution is 2.19. The van der Waals surface area contributed by atoms with Crippen LogP contribution in [-0.2, 0) is 10.0 Å². The van der Waals surface area contributed by atoms with Crippen LogP contribution < -0.4 is 5.32 Å². The molecule has 18 heavy (non-hydrogen) atoms. The van der Waals surface area contributed by atoms with Gasteiger partial charge in [-0.25, -0.2) is 8.42 Å². The zero-order chi connectivity index (χ0) is 14.2. The number of rotatable bonds is 9. The van der Waals surface area contributed by atoms with Crippen LogP contribution in [0.2, 0.25) is 0 Å². The van der Waals surface area contributed by atoms with Crippen molar-refractivity contribution in [1.82, 2.24) is 9.62 Å². The quantitative estimate of drug-likeness (QED) is 0.517. The average molecular weight is 276 g/mol. The van der Waals surface area contributed by atoms with Crippen molar-refractivity contribution in [2.75, 3.05) is 25.4 Å². The molecule has 4 nitrogen and oxygen atoms in total. The van der Waals surface area contributed by atoms with Crippen molar-refractivity contribution in [3.63, 3.8) is 0 Å². The average Bonchev–Trinajstić information content (AvgIpc) is 2.23. The Morgan fingerprint density at radius 1 is 1.28 bits per heavy atom. The van der Waals surface area contributed by atoms with E-state index in [0.29, 0.717) is 13.0 Å². The fourth-order valence-corrected chi connectivity index (χ4v) is 3.70. The molecule has 0 saturated carbocycles. The molecular weight excluding hydrogens is 248 g/mol. The molecular formula is C13H28N2O2S. The van der Waals surface area contributed by atoms with Crippen LogP contribution in [0.4, 0.5) is 0 Å². The van der Waals surface area contributed by atoms with Crippen LogP contribution in [0, 0.1) is 0 Å². The minimum atomic E-state index is -3.20. The molecule has 0 aliphatic rings. The number of hydrogen-bond donors (Lipinski definition) is 1. The van der Waals surface area contributed by atoms with E-state index in [9.17, 15) is 8.42 Å². The molecule has 0 rings (SSSR count). The fourth-order valence-electron chi connectivity index (χ4n) is 1.74. The van der Waals surface area contributed by atoms with Crippen LogP contribution in [0.15, 0.2) is 12.7 Å². The summed E-state index contributed by atoms with van der Waals surface area (Å²) in [7, 11) is -3.20. The lowest BCUT2D eigenvalue weighted by Crippen LogP contribution is -2.46. The van der Waals surface area contributed by atoms with Crippen molar-refractivity contribution >= 4 is 10.0 Å². The third-order valence-corrected chi connectivity index (χ3v) is 4.81. The molecule has 0 heterocycles. The number of nitrogens with zero attached hydrogens (tertiary/aromatic N) is 1. The van der Waals surface area contributed by atoms with E-state index in [1.54, 1.807) is 6.08 Å². The lowest BCUT2D eigenvalue weighted by molar-refractivity contribution is 0.269. The number of unbranched alkanes of at least 4 members (excludes halogenated alkanes) is 1. The molecule has 108 valence electrons. The Morgan fingerprint density at radius 2 is 1.89 bits per heavy atom. The van der Waals surface area contributed by atoms with Gasteiger partial charge >= 0.3 is 0 Å². The summed E-state index contributed by atoms with van der Waals surface area (Å²) in [5.74, 6) is 0.212. The molecule has 0 atom stereocenters. The van der Waals surface area contributed by atoms with Crippen LogP contribution in [0.1, 0.15) is 40.5 Å². The van der Waals surface area contributed by atoms with Crippen LogP contribution in [0.25, 0.3) is 0 Å². The smallest absolute Gasteiger partial charge is 0.214 e. The Bertz CT molecular complexity index is 331. The largest absolute Gasteiger partial charge is 0.317 e. The van der Waals surface area contributed by atoms with Gasteiger partial charge in [0.05, 0.1) is 5.75 Å². The summed E-state index contributed by atoms with van der Waals surface area (Å²) < 4.78 is 26.0. The second-order valence-electron chi connectivity index (χ2n) is 5.37. The standard InChI is InChI=1S/C13H28N2O2S/c1-6-11-15(13(3,4)5)18(16,17)12-9-8-10-14-7-2/h6,14H,1,7-12H2,2-5H3. The Balaban J connectivity index is 4.43. The van der Waals surface area contributed by atoms with E-state index in [1.165, 1.54) is 4.31 Å². The van der Waals surface area contributed by atoms with Gasteiger partial charge in [-0.2, -0.15) is 4.31 Å². The Labute approximate surface area is 112 Å². The van der Waals surface area contributed by atoms with Gasteiger partial charge < -0.3 is 5.32 Å². The molecule has 1 N–H and O–H groups in total. The van der Waals surface area contributed by atoms with Gasteiger partial charge in [0, 0.05) is 12.1 Å². The molecule has 0 fully saturated rings. The first-order valence-corrected chi connectivity index (χ1v) is 8.18. The third kappa shape index (κ3) is 6.52. The van der Waals surface area contributed by atoms with Crippen molar-refractivity contribution in [1.29, 1.82) is 0 Å². The predicted molar refractivity (Wildman–Crippen MR) is 78.2 cm³/mol. The second-order valence-corrected chi connectivity index (χ2v) is 7.38. The number of nitrogens with one attached hydrogen (secondary N) is 1. The molecule has 0 bridgehead atoms. The van der Waals surface area contributed by atoms with Crippen LogP contribution in [-0.4, -0.2) is 43.6 Å². The van der Waals surface area contributed by atoms with E-state index in [2.05, 4.69) is 11.9 Å². The molecule has 0 amide bonds. The molecule has 0 aliphatic carbocycles. The Kier molecular flexibility index (Phi) is 7.75. The van der Waals surface area contributed by atoms with Gasteiger partial charge in [-0.3, -0.25) is 0 Å². The minimum Gasteiger partial charge on any atom is -0.317 e. The molecule has 0 unspecified atom stereocenters. The summed E-state index contributed by atoms with van der Waals surface area (Å²) in [6, 6.07) is 0. The summed E-state index contributed by atoms with van der Waals surface area (Å²) in [6.07, 6.45) is 3.22. The third-order valence-electron chi connectivity index (χ3n) is 2.63. The lowest BCUT2D eigenvalue weighted by atomic mass is 10.1. The molecule has 0 aromatic carbocycles. The first-order valence-electron chi connectivity index (χ1n) is 6.58. The second kappa shape index (κ2) is 7.92. The summed E-state index contributed by atoms with van der Waals surface area (Å²) in [5, 5.41) is 3.19. The highest BCUT2D eigenvalue weighted by atomic mass is 32.2. The van der Waals surface area contributed by atoms with Crippen molar-refractivity contribution in [2.24, 2.45) is 0 Å². The molecule has 0 aromatic heterocycles. The van der Waals surface area contributed by atoms with Crippen molar-refractivity contribution in [3.05, 3.63) is 12.7 Å². The summed E-state index contributed by atoms with van der Waals surface area (Å²) in [6.45, 7) is 13.6. The normalized spacial score (nSPS) is 12.9. The summed E-state index contributed by atoms with van der Waals surface area (Å²) in [4.78, 5) is 0. The minimum absolute atomic E-state index is 0.212. The lowest BCUT2D eigenvalue weighted by Gasteiger charge is -2.33. The Hall–Kier alpha value is -0.390. The zero-order valence-corrected chi connectivity index (χ0v) is 13.0. The molecule has 0 saturated heterocycles. The van der Waals surface area contributed by atoms with E-state index in [-0.39, 0.29) is 5.75 Å². The number of hydrogen-bond acceptors (Lipinski definition) is 3. The zero-order valence-electron chi connectivity index (χ0n) is 12.2. The summed E-state index contributed by atoms with van der Waals surface area (Å²) in [5.41, 5.74) is -0.394. The number of sulfonamides is 1. The predicted octanol–water partition coefficient (Wildman–Crippen LogP) is 1.99. The topological polar surface area (TPSA) is 49.4 Å². The van der Waals surface area contributed by atoms with Gasteiger partial charge in [0.15, 0.2) is 0 Å². The molecule has 0 spiro atoms. The van der Waals surface area contributed by atoms with E-state index >= 15 is 0 Å². The van der Waals surface area contributed by atoms with E-state index in [1.807, 2.05) is 27.7 Å². The van der Waals surface area contributed by atoms with E-state index < -0.39 is 15.6 Å². The van der Waals surface area contributed by atoms with Gasteiger partial charge in [-0.15, -0.1) is 6.58 Å². The van der Waals surface area contributed by atoms with Crippen LogP contribution in [0.5, 0.6) is 0 Å². The molecule has 0 aliphatic heterocycles. The molecule has 5 heteroatoms. The fraction of sp³-hybridized carbons (Fsp3) is 0.846. The first kappa shape index (κ1) is 17.6. The van der Waals surface area contributed by atoms with Crippen LogP contribution in [0.3, 0.4) is 0 Å². The van der Waals surface area contributed by atoms with E-state index in [4.69, 9.17) is 0 Å². The van der Waals surface area contributed by atoms with Crippen molar-refractivity contribution in [2.45, 2.75) is 46.1 Å². The first-order chi connectivity index (χ1) is 8.25. The van der Waals surface area contributed by atoms with Crippen molar-refractivity contribution < 1.29 is 8.42 Å². The highest BCUT2D eigenvalue weighted by molar-refractivity contribution is 7.89. The Morgan fingerprint density at radius 3 is 2.33 bits per heavy atom. The van der Waals surface area contributed by atoms with Gasteiger partial charge in [0.2, 0.25) is 10.0 Å². The maximum atomic E-state index is 12.3. The van der Waals surface area contributed by atoms with E-state index in [0.717, 1.165) is 19.5 Å². The maximum absolute atomic E-state index is 12.3. The molecule has 0 radical (unpaired) electrons. The SMILES string of the molecule is C=CCN(C(C)(C)C)S(=O)(=O)CCCCNCC. The van der Waals surface area contributed by atoms with Gasteiger partial charge in [-0.1, -0.05) is 13.0 Å². The van der Waals surface area contributed by atoms with Gasteiger partial charge in [0.25, 0.3) is 0 Å². The van der Waals surface area contributed by atoms with Crippen molar-refractivity contribution in [3.8, 4) is 0 Å². The summed E-state index contributed by atoms with van der Waals surface area (Å²) >= 11 is 0. The van der Waals surface area contributed by atoms with Crippen LogP contribution >= 0.6 is 0 Å². The maximum Gasteiger partial charge on any atom is 0.214 e. The highest BCUT2D eigenvalue weighted by Gasteiger charge is 2.30.